The highest BCUT2D eigenvalue weighted by Gasteiger charge is 2.36. The van der Waals surface area contributed by atoms with Gasteiger partial charge in [0, 0.05) is 19.8 Å². The van der Waals surface area contributed by atoms with Gasteiger partial charge in [-0.05, 0) is 37.1 Å². The number of hydrazine groups is 1. The summed E-state index contributed by atoms with van der Waals surface area (Å²) in [6, 6.07) is 7.55. The first-order valence-electron chi connectivity index (χ1n) is 8.32. The number of carboxylic acid groups (broad SMARTS) is 1. The zero-order valence-corrected chi connectivity index (χ0v) is 14.9. The third-order valence-electron chi connectivity index (χ3n) is 4.00. The fourth-order valence-corrected chi connectivity index (χ4v) is 2.38. The number of amides is 1. The maximum atomic E-state index is 11.9. The van der Waals surface area contributed by atoms with Crippen molar-refractivity contribution >= 4 is 17.7 Å². The Balaban J connectivity index is 1.99. The number of ether oxygens (including phenoxy) is 1. The molecule has 1 heterocycles. The van der Waals surface area contributed by atoms with Crippen LogP contribution in [0.25, 0.3) is 0 Å². The number of carbonyl (C=O) groups is 2. The lowest BCUT2D eigenvalue weighted by atomic mass is 10.1. The molecule has 0 saturated carbocycles. The fourth-order valence-electron chi connectivity index (χ4n) is 2.38. The van der Waals surface area contributed by atoms with Crippen LogP contribution in [-0.4, -0.2) is 41.3 Å². The highest BCUT2D eigenvalue weighted by molar-refractivity contribution is 5.82. The van der Waals surface area contributed by atoms with E-state index in [4.69, 9.17) is 4.74 Å². The molecule has 0 radical (unpaired) electrons. The number of hydrogen-bond donors (Lipinski definition) is 2. The zero-order valence-electron chi connectivity index (χ0n) is 14.9. The van der Waals surface area contributed by atoms with Crippen LogP contribution in [0.5, 0.6) is 0 Å². The van der Waals surface area contributed by atoms with Gasteiger partial charge >= 0.3 is 12.1 Å². The number of carboxylic acids is 1. The second-order valence-electron chi connectivity index (χ2n) is 6.30. The first-order chi connectivity index (χ1) is 11.9. The summed E-state index contributed by atoms with van der Waals surface area (Å²) in [5, 5.41) is 10.9. The van der Waals surface area contributed by atoms with E-state index >= 15 is 0 Å². The molecule has 1 aromatic carbocycles. The molecule has 136 valence electrons. The molecule has 1 amide bonds. The number of unbranched alkanes of at least 4 members (excludes halogenated alkanes) is 1. The Morgan fingerprint density at radius 1 is 1.40 bits per heavy atom. The Bertz CT molecular complexity index is 661. The van der Waals surface area contributed by atoms with E-state index in [1.54, 1.807) is 31.3 Å². The number of aliphatic carboxylic acids is 1. The minimum absolute atomic E-state index is 0.350. The molecule has 0 aliphatic carbocycles. The minimum atomic E-state index is -1.13. The smallest absolute Gasteiger partial charge is 0.409 e. The molecule has 0 spiro atoms. The van der Waals surface area contributed by atoms with Crippen LogP contribution < -0.4 is 10.4 Å². The molecule has 2 rings (SSSR count). The van der Waals surface area contributed by atoms with E-state index in [0.717, 1.165) is 24.1 Å². The van der Waals surface area contributed by atoms with Crippen LogP contribution in [0.1, 0.15) is 32.3 Å². The Kier molecular flexibility index (Phi) is 6.03. The second kappa shape index (κ2) is 8.02. The van der Waals surface area contributed by atoms with Crippen molar-refractivity contribution in [2.24, 2.45) is 0 Å². The Morgan fingerprint density at radius 3 is 2.80 bits per heavy atom. The highest BCUT2D eigenvalue weighted by atomic mass is 16.6. The Hall–Kier alpha value is -2.54. The number of carbonyl (C=O) groups excluding carboxylic acids is 1. The number of nitrogens with one attached hydrogen (secondary N) is 1. The van der Waals surface area contributed by atoms with E-state index in [-0.39, 0.29) is 6.09 Å². The van der Waals surface area contributed by atoms with Crippen molar-refractivity contribution in [3.63, 3.8) is 0 Å². The zero-order chi connectivity index (χ0) is 18.4. The van der Waals surface area contributed by atoms with Gasteiger partial charge in [0.25, 0.3) is 0 Å². The Labute approximate surface area is 147 Å². The van der Waals surface area contributed by atoms with E-state index in [2.05, 4.69) is 5.43 Å². The van der Waals surface area contributed by atoms with Crippen LogP contribution in [-0.2, 0) is 16.1 Å². The van der Waals surface area contributed by atoms with Gasteiger partial charge in [-0.1, -0.05) is 25.5 Å². The molecule has 1 unspecified atom stereocenters. The van der Waals surface area contributed by atoms with Gasteiger partial charge in [-0.2, -0.15) is 0 Å². The predicted octanol–water partition coefficient (Wildman–Crippen LogP) is 2.74. The average Bonchev–Trinajstić information content (AvgIpc) is 2.99. The molecule has 2 N–H and O–H groups in total. The molecule has 0 fully saturated rings. The van der Waals surface area contributed by atoms with E-state index in [1.807, 2.05) is 31.2 Å². The molecule has 1 aromatic rings. The second-order valence-corrected chi connectivity index (χ2v) is 6.30. The monoisotopic (exact) mass is 347 g/mol. The predicted molar refractivity (Wildman–Crippen MR) is 95.0 cm³/mol. The molecular weight excluding hydrogens is 322 g/mol. The van der Waals surface area contributed by atoms with E-state index in [0.29, 0.717) is 13.2 Å². The van der Waals surface area contributed by atoms with Gasteiger partial charge in [-0.25, -0.2) is 15.0 Å². The van der Waals surface area contributed by atoms with Crippen molar-refractivity contribution in [3.05, 3.63) is 42.1 Å². The summed E-state index contributed by atoms with van der Waals surface area (Å²) in [5.41, 5.74) is 3.53. The number of nitrogens with zero attached hydrogens (tertiary/aromatic N) is 2. The van der Waals surface area contributed by atoms with Crippen molar-refractivity contribution < 1.29 is 19.4 Å². The average molecular weight is 347 g/mol. The summed E-state index contributed by atoms with van der Waals surface area (Å²) in [6.07, 6.45) is 4.76. The summed E-state index contributed by atoms with van der Waals surface area (Å²) in [4.78, 5) is 24.7. The van der Waals surface area contributed by atoms with Crippen molar-refractivity contribution in [3.8, 4) is 0 Å². The third-order valence-corrected chi connectivity index (χ3v) is 4.00. The lowest BCUT2D eigenvalue weighted by molar-refractivity contribution is -0.141. The van der Waals surface area contributed by atoms with Crippen molar-refractivity contribution in [2.45, 2.75) is 38.8 Å². The van der Waals surface area contributed by atoms with Gasteiger partial charge in [-0.3, -0.25) is 5.01 Å². The molecule has 7 heteroatoms. The summed E-state index contributed by atoms with van der Waals surface area (Å²) in [5.74, 6) is -0.947. The fraction of sp³-hybridized carbons (Fsp3) is 0.444. The van der Waals surface area contributed by atoms with Crippen molar-refractivity contribution in [1.82, 2.24) is 10.3 Å². The number of anilines is 1. The van der Waals surface area contributed by atoms with Crippen molar-refractivity contribution in [2.75, 3.05) is 18.7 Å². The summed E-state index contributed by atoms with van der Waals surface area (Å²) in [7, 11) is 1.69. The van der Waals surface area contributed by atoms with E-state index in [1.165, 1.54) is 4.90 Å². The van der Waals surface area contributed by atoms with Gasteiger partial charge in [0.15, 0.2) is 5.54 Å². The molecule has 0 aromatic heterocycles. The van der Waals surface area contributed by atoms with Crippen LogP contribution in [0.15, 0.2) is 36.5 Å². The van der Waals surface area contributed by atoms with Gasteiger partial charge in [0.1, 0.15) is 0 Å². The molecule has 0 saturated heterocycles. The normalized spacial score (nSPS) is 19.1. The van der Waals surface area contributed by atoms with Crippen LogP contribution in [0.4, 0.5) is 10.5 Å². The first kappa shape index (κ1) is 18.8. The molecule has 0 bridgehead atoms. The van der Waals surface area contributed by atoms with Gasteiger partial charge in [0.05, 0.1) is 12.3 Å². The minimum Gasteiger partial charge on any atom is -0.480 e. The van der Waals surface area contributed by atoms with Crippen LogP contribution in [0.2, 0.25) is 0 Å². The van der Waals surface area contributed by atoms with E-state index < -0.39 is 11.5 Å². The van der Waals surface area contributed by atoms with E-state index in [9.17, 15) is 14.7 Å². The maximum Gasteiger partial charge on any atom is 0.409 e. The number of rotatable bonds is 7. The van der Waals surface area contributed by atoms with Crippen molar-refractivity contribution in [1.29, 1.82) is 0 Å². The quantitative estimate of drug-likeness (QED) is 0.738. The molecule has 7 nitrogen and oxygen atoms in total. The SMILES string of the molecule is CCCCOC(=O)N(C)Cc1cccc(N2C=CC(C)(C(=O)O)N2)c1. The Morgan fingerprint density at radius 2 is 2.16 bits per heavy atom. The summed E-state index contributed by atoms with van der Waals surface area (Å²) in [6.45, 7) is 4.47. The van der Waals surface area contributed by atoms with Gasteiger partial charge in [0.2, 0.25) is 0 Å². The molecular formula is C18H25N3O4. The maximum absolute atomic E-state index is 11.9. The summed E-state index contributed by atoms with van der Waals surface area (Å²) >= 11 is 0. The third kappa shape index (κ3) is 4.73. The molecule has 1 aliphatic rings. The topological polar surface area (TPSA) is 82.1 Å². The van der Waals surface area contributed by atoms with Crippen LogP contribution in [0, 0.1) is 0 Å². The molecule has 1 aliphatic heterocycles. The number of hydrogen-bond acceptors (Lipinski definition) is 5. The molecule has 25 heavy (non-hydrogen) atoms. The lowest BCUT2D eigenvalue weighted by Crippen LogP contribution is -2.50. The van der Waals surface area contributed by atoms with Crippen LogP contribution in [0.3, 0.4) is 0 Å². The highest BCUT2D eigenvalue weighted by Crippen LogP contribution is 2.23. The standard InChI is InChI=1S/C18H25N3O4/c1-4-5-11-25-17(24)20(3)13-14-7-6-8-15(12-14)21-10-9-18(2,19-21)16(22)23/h6-10,12,19H,4-5,11,13H2,1-3H3,(H,22,23). The molecule has 1 atom stereocenters. The van der Waals surface area contributed by atoms with Gasteiger partial charge < -0.3 is 14.7 Å². The number of benzene rings is 1. The first-order valence-corrected chi connectivity index (χ1v) is 8.32. The largest absolute Gasteiger partial charge is 0.480 e. The van der Waals surface area contributed by atoms with Gasteiger partial charge in [-0.15, -0.1) is 0 Å². The van der Waals surface area contributed by atoms with Crippen LogP contribution >= 0.6 is 0 Å². The lowest BCUT2D eigenvalue weighted by Gasteiger charge is -2.24. The summed E-state index contributed by atoms with van der Waals surface area (Å²) < 4.78 is 5.19.